The fourth-order valence-corrected chi connectivity index (χ4v) is 4.00. The van der Waals surface area contributed by atoms with Crippen LogP contribution in [0.1, 0.15) is 27.8 Å². The lowest BCUT2D eigenvalue weighted by molar-refractivity contribution is -0.342. The average molecular weight is 439 g/mol. The lowest BCUT2D eigenvalue weighted by atomic mass is 9.89. The number of fused-ring (bicyclic) bond motifs is 2. The van der Waals surface area contributed by atoms with Gasteiger partial charge in [0.15, 0.2) is 6.21 Å². The number of aromatic amines is 1. The van der Waals surface area contributed by atoms with Crippen LogP contribution in [0.3, 0.4) is 0 Å². The number of aromatic nitrogens is 1. The molecule has 0 spiro atoms. The Bertz CT molecular complexity index is 1330. The standard InChI is InChI=1S/C25H17F3N2.ClH/c1-15-6-11-23-19(12-15)21(14-30-23)24(16-7-9-17(10-8-16)25(26,27)28)20-13-29-22-5-3-2-4-18(20)22;/h2-14,29H,1H3;1H. The number of halogens is 4. The summed E-state index contributed by atoms with van der Waals surface area (Å²) in [4.78, 5) is 6.58. The predicted molar refractivity (Wildman–Crippen MR) is 114 cm³/mol. The lowest BCUT2D eigenvalue weighted by Crippen LogP contribution is -3.00. The van der Waals surface area contributed by atoms with Crippen molar-refractivity contribution in [2.75, 3.05) is 0 Å². The van der Waals surface area contributed by atoms with Crippen molar-refractivity contribution in [3.8, 4) is 0 Å². The lowest BCUT2D eigenvalue weighted by Gasteiger charge is -2.12. The molecule has 0 radical (unpaired) electrons. The van der Waals surface area contributed by atoms with E-state index in [4.69, 9.17) is 0 Å². The second kappa shape index (κ2) is 7.75. The van der Waals surface area contributed by atoms with Crippen LogP contribution < -0.4 is 17.4 Å². The summed E-state index contributed by atoms with van der Waals surface area (Å²) in [6.45, 7) is 2.03. The Morgan fingerprint density at radius 1 is 0.935 bits per heavy atom. The molecule has 4 aromatic rings. The minimum absolute atomic E-state index is 0. The van der Waals surface area contributed by atoms with E-state index in [1.54, 1.807) is 12.1 Å². The van der Waals surface area contributed by atoms with E-state index in [2.05, 4.69) is 16.0 Å². The maximum Gasteiger partial charge on any atom is 0.416 e. The number of aryl methyl sites for hydroxylation is 1. The summed E-state index contributed by atoms with van der Waals surface area (Å²) in [5.41, 5.74) is 7.00. The third kappa shape index (κ3) is 3.66. The van der Waals surface area contributed by atoms with Gasteiger partial charge in [0.05, 0.1) is 16.7 Å². The van der Waals surface area contributed by atoms with Crippen molar-refractivity contribution in [2.24, 2.45) is 0 Å². The molecule has 0 atom stereocenters. The molecule has 0 fully saturated rings. The summed E-state index contributed by atoms with van der Waals surface area (Å²) in [5.74, 6) is 0. The number of hydrogen-bond donors (Lipinski definition) is 2. The normalized spacial score (nSPS) is 14.5. The Labute approximate surface area is 183 Å². The van der Waals surface area contributed by atoms with E-state index in [1.807, 2.05) is 55.7 Å². The fourth-order valence-electron chi connectivity index (χ4n) is 4.00. The van der Waals surface area contributed by atoms with Crippen LogP contribution in [0.5, 0.6) is 0 Å². The number of rotatable bonds is 2. The van der Waals surface area contributed by atoms with Crippen LogP contribution in [0.4, 0.5) is 18.9 Å². The summed E-state index contributed by atoms with van der Waals surface area (Å²) < 4.78 is 39.3. The number of benzene rings is 3. The maximum atomic E-state index is 13.1. The van der Waals surface area contributed by atoms with Gasteiger partial charge in [-0.25, -0.2) is 4.99 Å². The van der Waals surface area contributed by atoms with Crippen LogP contribution in [-0.2, 0) is 6.18 Å². The average Bonchev–Trinajstić information content (AvgIpc) is 3.33. The molecule has 0 aliphatic carbocycles. The van der Waals surface area contributed by atoms with Crippen LogP contribution in [0.15, 0.2) is 72.9 Å². The molecular weight excluding hydrogens is 421 g/mol. The number of nitrogens with one attached hydrogen (secondary N) is 2. The second-order valence-electron chi connectivity index (χ2n) is 7.45. The quantitative estimate of drug-likeness (QED) is 0.481. The van der Waals surface area contributed by atoms with Crippen molar-refractivity contribution in [2.45, 2.75) is 13.1 Å². The van der Waals surface area contributed by atoms with Crippen LogP contribution in [0.25, 0.3) is 22.0 Å². The zero-order chi connectivity index (χ0) is 20.9. The summed E-state index contributed by atoms with van der Waals surface area (Å²) >= 11 is 0. The zero-order valence-electron chi connectivity index (χ0n) is 16.5. The fraction of sp³-hybridized carbons (Fsp3) is 0.0800. The van der Waals surface area contributed by atoms with Crippen LogP contribution in [0.2, 0.25) is 0 Å². The molecule has 6 heteroatoms. The molecule has 0 unspecified atom stereocenters. The Hall–Kier alpha value is -3.31. The van der Waals surface area contributed by atoms with Gasteiger partial charge in [-0.1, -0.05) is 42.0 Å². The molecule has 2 N–H and O–H groups in total. The number of para-hydroxylation sites is 1. The van der Waals surface area contributed by atoms with Gasteiger partial charge in [0.25, 0.3) is 0 Å². The molecule has 1 aliphatic heterocycles. The Morgan fingerprint density at radius 2 is 1.68 bits per heavy atom. The van der Waals surface area contributed by atoms with E-state index in [0.717, 1.165) is 62.1 Å². The summed E-state index contributed by atoms with van der Waals surface area (Å²) in [6.07, 6.45) is -0.511. The first-order valence-electron chi connectivity index (χ1n) is 9.61. The SMILES string of the molecule is Cc1ccc2c(c1)C(=C(c1ccc(C(F)(F)F)cc1)c1c[nH]c3ccccc13)C=[NH+]2.[Cl-]. The van der Waals surface area contributed by atoms with E-state index in [1.165, 1.54) is 0 Å². The zero-order valence-corrected chi connectivity index (χ0v) is 17.3. The highest BCUT2D eigenvalue weighted by Crippen LogP contribution is 2.39. The van der Waals surface area contributed by atoms with Gasteiger partial charge < -0.3 is 17.4 Å². The Balaban J connectivity index is 0.00000231. The van der Waals surface area contributed by atoms with Crippen molar-refractivity contribution in [1.82, 2.24) is 4.98 Å². The van der Waals surface area contributed by atoms with Gasteiger partial charge in [0, 0.05) is 34.3 Å². The van der Waals surface area contributed by atoms with E-state index < -0.39 is 11.7 Å². The third-order valence-corrected chi connectivity index (χ3v) is 5.47. The van der Waals surface area contributed by atoms with E-state index in [-0.39, 0.29) is 12.4 Å². The van der Waals surface area contributed by atoms with Gasteiger partial charge in [-0.2, -0.15) is 13.2 Å². The molecule has 0 saturated heterocycles. The van der Waals surface area contributed by atoms with Gasteiger partial charge in [-0.15, -0.1) is 0 Å². The molecule has 1 aliphatic rings. The van der Waals surface area contributed by atoms with Crippen molar-refractivity contribution in [3.05, 3.63) is 101 Å². The minimum Gasteiger partial charge on any atom is -1.00 e. The first-order chi connectivity index (χ1) is 14.4. The monoisotopic (exact) mass is 438 g/mol. The van der Waals surface area contributed by atoms with Gasteiger partial charge >= 0.3 is 6.18 Å². The molecule has 31 heavy (non-hydrogen) atoms. The first kappa shape index (κ1) is 20.9. The highest BCUT2D eigenvalue weighted by molar-refractivity contribution is 6.24. The van der Waals surface area contributed by atoms with Crippen molar-refractivity contribution >= 4 is 34.0 Å². The van der Waals surface area contributed by atoms with Crippen molar-refractivity contribution < 1.29 is 30.6 Å². The van der Waals surface area contributed by atoms with Crippen molar-refractivity contribution in [3.63, 3.8) is 0 Å². The molecule has 156 valence electrons. The van der Waals surface area contributed by atoms with Gasteiger partial charge in [-0.3, -0.25) is 0 Å². The first-order valence-corrected chi connectivity index (χ1v) is 9.61. The number of allylic oxidation sites excluding steroid dienone is 1. The highest BCUT2D eigenvalue weighted by atomic mass is 35.5. The minimum atomic E-state index is -4.36. The number of alkyl halides is 3. The number of H-pyrrole nitrogens is 1. The van der Waals surface area contributed by atoms with Crippen LogP contribution >= 0.6 is 0 Å². The summed E-state index contributed by atoms with van der Waals surface area (Å²) in [5, 5.41) is 1.02. The summed E-state index contributed by atoms with van der Waals surface area (Å²) in [6, 6.07) is 19.5. The third-order valence-electron chi connectivity index (χ3n) is 5.47. The molecule has 3 aromatic carbocycles. The second-order valence-corrected chi connectivity index (χ2v) is 7.45. The molecule has 2 heterocycles. The predicted octanol–water partition coefficient (Wildman–Crippen LogP) is 2.25. The molecule has 0 bridgehead atoms. The van der Waals surface area contributed by atoms with E-state index >= 15 is 0 Å². The smallest absolute Gasteiger partial charge is 0.416 e. The number of hydrogen-bond acceptors (Lipinski definition) is 0. The Morgan fingerprint density at radius 3 is 2.42 bits per heavy atom. The maximum absolute atomic E-state index is 13.1. The van der Waals surface area contributed by atoms with Crippen molar-refractivity contribution in [1.29, 1.82) is 0 Å². The molecule has 5 rings (SSSR count). The molecule has 2 nitrogen and oxygen atoms in total. The van der Waals surface area contributed by atoms with Gasteiger partial charge in [0.2, 0.25) is 5.69 Å². The summed E-state index contributed by atoms with van der Waals surface area (Å²) in [7, 11) is 0. The van der Waals surface area contributed by atoms with Crippen LogP contribution in [-0.4, -0.2) is 11.2 Å². The van der Waals surface area contributed by atoms with E-state index in [0.29, 0.717) is 0 Å². The molecule has 1 aromatic heterocycles. The van der Waals surface area contributed by atoms with Gasteiger partial charge in [0.1, 0.15) is 0 Å². The molecule has 0 saturated carbocycles. The van der Waals surface area contributed by atoms with Gasteiger partial charge in [-0.05, 0) is 36.8 Å². The highest BCUT2D eigenvalue weighted by Gasteiger charge is 2.31. The largest absolute Gasteiger partial charge is 1.00 e. The molecular formula is C25H18ClF3N2. The van der Waals surface area contributed by atoms with Crippen LogP contribution in [0, 0.1) is 6.92 Å². The Kier molecular flexibility index (Phi) is 5.23. The van der Waals surface area contributed by atoms with E-state index in [9.17, 15) is 13.2 Å². The molecule has 0 amide bonds. The topological polar surface area (TPSA) is 29.8 Å².